The van der Waals surface area contributed by atoms with E-state index in [2.05, 4.69) is 33.9 Å². The number of rotatable bonds is 5. The van der Waals surface area contributed by atoms with Crippen molar-refractivity contribution in [1.82, 2.24) is 10.3 Å². The van der Waals surface area contributed by atoms with Gasteiger partial charge in [0.05, 0.1) is 4.21 Å². The Morgan fingerprint density at radius 2 is 2.29 bits per heavy atom. The number of thiophene rings is 1. The summed E-state index contributed by atoms with van der Waals surface area (Å²) in [5.74, 6) is 0. The zero-order valence-corrected chi connectivity index (χ0v) is 11.1. The molecule has 2 heterocycles. The first kappa shape index (κ1) is 11.3. The first-order chi connectivity index (χ1) is 8.42. The van der Waals surface area contributed by atoms with Crippen LogP contribution in [0.1, 0.15) is 18.4 Å². The highest BCUT2D eigenvalue weighted by Gasteiger charge is 2.20. The van der Waals surface area contributed by atoms with Gasteiger partial charge in [0.15, 0.2) is 0 Å². The molecule has 1 N–H and O–H groups in total. The van der Waals surface area contributed by atoms with E-state index in [1.54, 1.807) is 23.1 Å². The summed E-state index contributed by atoms with van der Waals surface area (Å²) in [6, 6.07) is 9.15. The van der Waals surface area contributed by atoms with Gasteiger partial charge in [0.25, 0.3) is 0 Å². The zero-order valence-electron chi connectivity index (χ0n) is 9.43. The summed E-state index contributed by atoms with van der Waals surface area (Å²) in [7, 11) is 0. The van der Waals surface area contributed by atoms with E-state index >= 15 is 0 Å². The number of nitrogens with one attached hydrogen (secondary N) is 1. The minimum atomic E-state index is 0.745. The van der Waals surface area contributed by atoms with Crippen LogP contribution < -0.4 is 5.32 Å². The highest BCUT2D eigenvalue weighted by Crippen LogP contribution is 2.32. The molecule has 2 nitrogen and oxygen atoms in total. The molecule has 17 heavy (non-hydrogen) atoms. The van der Waals surface area contributed by atoms with Gasteiger partial charge in [-0.3, -0.25) is 0 Å². The fourth-order valence-electron chi connectivity index (χ4n) is 1.61. The fourth-order valence-corrected chi connectivity index (χ4v) is 3.38. The standard InChI is InChI=1S/C13H14N2S2/c1-3-10(9-15-11-5-6-11)13(14-7-1)17-12-4-2-8-16-12/h1-4,7-8,11,15H,5-6,9H2. The van der Waals surface area contributed by atoms with Crippen LogP contribution >= 0.6 is 23.1 Å². The van der Waals surface area contributed by atoms with Crippen LogP contribution in [0.15, 0.2) is 45.1 Å². The van der Waals surface area contributed by atoms with Gasteiger partial charge < -0.3 is 5.32 Å². The van der Waals surface area contributed by atoms with E-state index in [1.165, 1.54) is 22.6 Å². The fraction of sp³-hybridized carbons (Fsp3) is 0.308. The van der Waals surface area contributed by atoms with Crippen molar-refractivity contribution in [2.45, 2.75) is 34.7 Å². The Morgan fingerprint density at radius 3 is 3.06 bits per heavy atom. The largest absolute Gasteiger partial charge is 0.310 e. The Labute approximate surface area is 109 Å². The van der Waals surface area contributed by atoms with E-state index in [0.717, 1.165) is 17.6 Å². The van der Waals surface area contributed by atoms with Crippen molar-refractivity contribution >= 4 is 23.1 Å². The van der Waals surface area contributed by atoms with Gasteiger partial charge >= 0.3 is 0 Å². The molecular weight excluding hydrogens is 248 g/mol. The maximum atomic E-state index is 4.48. The lowest BCUT2D eigenvalue weighted by atomic mass is 10.3. The molecule has 0 spiro atoms. The van der Waals surface area contributed by atoms with Gasteiger partial charge in [0.2, 0.25) is 0 Å². The van der Waals surface area contributed by atoms with Crippen LogP contribution in [0.4, 0.5) is 0 Å². The molecule has 2 aromatic rings. The van der Waals surface area contributed by atoms with Crippen LogP contribution in [0.25, 0.3) is 0 Å². The molecule has 1 fully saturated rings. The molecule has 1 aliphatic carbocycles. The normalized spacial score (nSPS) is 15.1. The van der Waals surface area contributed by atoms with Gasteiger partial charge in [0, 0.05) is 18.8 Å². The summed E-state index contributed by atoms with van der Waals surface area (Å²) < 4.78 is 1.30. The predicted octanol–water partition coefficient (Wildman–Crippen LogP) is 3.55. The Balaban J connectivity index is 1.72. The summed E-state index contributed by atoms with van der Waals surface area (Å²) >= 11 is 3.53. The van der Waals surface area contributed by atoms with Gasteiger partial charge in [-0.05, 0) is 35.9 Å². The SMILES string of the molecule is c1csc(Sc2ncccc2CNC2CC2)c1. The Kier molecular flexibility index (Phi) is 3.45. The van der Waals surface area contributed by atoms with Crippen molar-refractivity contribution in [2.75, 3.05) is 0 Å². The second-order valence-corrected chi connectivity index (χ2v) is 6.39. The zero-order chi connectivity index (χ0) is 11.5. The molecule has 0 bridgehead atoms. The van der Waals surface area contributed by atoms with Gasteiger partial charge in [-0.25, -0.2) is 4.98 Å². The van der Waals surface area contributed by atoms with E-state index in [9.17, 15) is 0 Å². The molecule has 3 rings (SSSR count). The van der Waals surface area contributed by atoms with Crippen LogP contribution in [-0.4, -0.2) is 11.0 Å². The summed E-state index contributed by atoms with van der Waals surface area (Å²) in [6.07, 6.45) is 4.53. The quantitative estimate of drug-likeness (QED) is 0.892. The molecule has 0 amide bonds. The third-order valence-electron chi connectivity index (χ3n) is 2.70. The molecule has 4 heteroatoms. The molecule has 1 saturated carbocycles. The van der Waals surface area contributed by atoms with Crippen molar-refractivity contribution in [3.05, 3.63) is 41.4 Å². The van der Waals surface area contributed by atoms with Gasteiger partial charge in [0.1, 0.15) is 5.03 Å². The topological polar surface area (TPSA) is 24.9 Å². The molecular formula is C13H14N2S2. The van der Waals surface area contributed by atoms with Crippen LogP contribution in [0, 0.1) is 0 Å². The third-order valence-corrected chi connectivity index (χ3v) is 4.80. The Hall–Kier alpha value is -0.840. The van der Waals surface area contributed by atoms with Gasteiger partial charge in [-0.15, -0.1) is 11.3 Å². The Morgan fingerprint density at radius 1 is 1.35 bits per heavy atom. The van der Waals surface area contributed by atoms with Gasteiger partial charge in [-0.2, -0.15) is 0 Å². The number of aromatic nitrogens is 1. The summed E-state index contributed by atoms with van der Waals surface area (Å²) in [6.45, 7) is 0.937. The maximum absolute atomic E-state index is 4.48. The Bertz CT molecular complexity index is 478. The van der Waals surface area contributed by atoms with Crippen LogP contribution in [0.3, 0.4) is 0 Å². The molecule has 0 unspecified atom stereocenters. The summed E-state index contributed by atoms with van der Waals surface area (Å²) in [5.41, 5.74) is 1.30. The second kappa shape index (κ2) is 5.21. The molecule has 0 aromatic carbocycles. The lowest BCUT2D eigenvalue weighted by molar-refractivity contribution is 0.675. The van der Waals surface area contributed by atoms with E-state index in [-0.39, 0.29) is 0 Å². The van der Waals surface area contributed by atoms with Crippen molar-refractivity contribution in [2.24, 2.45) is 0 Å². The average Bonchev–Trinajstić information content (AvgIpc) is 3.05. The number of hydrogen-bond acceptors (Lipinski definition) is 4. The minimum Gasteiger partial charge on any atom is -0.310 e. The first-order valence-corrected chi connectivity index (χ1v) is 7.50. The average molecular weight is 262 g/mol. The number of pyridine rings is 1. The summed E-state index contributed by atoms with van der Waals surface area (Å²) in [4.78, 5) is 4.48. The second-order valence-electron chi connectivity index (χ2n) is 4.16. The van der Waals surface area contributed by atoms with E-state index in [4.69, 9.17) is 0 Å². The van der Waals surface area contributed by atoms with Crippen molar-refractivity contribution in [3.8, 4) is 0 Å². The molecule has 0 radical (unpaired) electrons. The lowest BCUT2D eigenvalue weighted by Crippen LogP contribution is -2.16. The number of hydrogen-bond donors (Lipinski definition) is 1. The number of nitrogens with zero attached hydrogens (tertiary/aromatic N) is 1. The van der Waals surface area contributed by atoms with Crippen LogP contribution in [0.2, 0.25) is 0 Å². The molecule has 88 valence electrons. The highest BCUT2D eigenvalue weighted by molar-refractivity contribution is 8.01. The molecule has 0 saturated heterocycles. The first-order valence-electron chi connectivity index (χ1n) is 5.80. The minimum absolute atomic E-state index is 0.745. The molecule has 2 aromatic heterocycles. The lowest BCUT2D eigenvalue weighted by Gasteiger charge is -2.07. The van der Waals surface area contributed by atoms with Gasteiger partial charge in [-0.1, -0.05) is 23.9 Å². The van der Waals surface area contributed by atoms with E-state index in [1.807, 2.05) is 12.3 Å². The van der Waals surface area contributed by atoms with E-state index < -0.39 is 0 Å². The molecule has 0 atom stereocenters. The van der Waals surface area contributed by atoms with Crippen molar-refractivity contribution in [3.63, 3.8) is 0 Å². The monoisotopic (exact) mass is 262 g/mol. The van der Waals surface area contributed by atoms with Crippen LogP contribution in [0.5, 0.6) is 0 Å². The summed E-state index contributed by atoms with van der Waals surface area (Å²) in [5, 5.41) is 6.78. The maximum Gasteiger partial charge on any atom is 0.106 e. The predicted molar refractivity (Wildman–Crippen MR) is 72.5 cm³/mol. The molecule has 0 aliphatic heterocycles. The smallest absolute Gasteiger partial charge is 0.106 e. The van der Waals surface area contributed by atoms with Crippen molar-refractivity contribution < 1.29 is 0 Å². The molecule has 1 aliphatic rings. The van der Waals surface area contributed by atoms with E-state index in [0.29, 0.717) is 0 Å². The third kappa shape index (κ3) is 3.09. The van der Waals surface area contributed by atoms with Crippen molar-refractivity contribution in [1.29, 1.82) is 0 Å². The highest BCUT2D eigenvalue weighted by atomic mass is 32.2. The van der Waals surface area contributed by atoms with Crippen LogP contribution in [-0.2, 0) is 6.54 Å².